The predicted octanol–water partition coefficient (Wildman–Crippen LogP) is 3.47. The van der Waals surface area contributed by atoms with Crippen LogP contribution in [0, 0.1) is 11.6 Å². The van der Waals surface area contributed by atoms with Gasteiger partial charge in [0.25, 0.3) is 5.91 Å². The molecule has 20 heavy (non-hydrogen) atoms. The number of aromatic nitrogens is 1. The zero-order chi connectivity index (χ0) is 14.7. The van der Waals surface area contributed by atoms with E-state index >= 15 is 0 Å². The van der Waals surface area contributed by atoms with Crippen molar-refractivity contribution in [1.82, 2.24) is 10.3 Å². The summed E-state index contributed by atoms with van der Waals surface area (Å²) in [4.78, 5) is 16.2. The van der Waals surface area contributed by atoms with Crippen LogP contribution in [0.2, 0.25) is 0 Å². The molecule has 0 unspecified atom stereocenters. The smallest absolute Gasteiger partial charge is 0.251 e. The van der Waals surface area contributed by atoms with Gasteiger partial charge < -0.3 is 5.32 Å². The van der Waals surface area contributed by atoms with Gasteiger partial charge in [0.1, 0.15) is 0 Å². The summed E-state index contributed by atoms with van der Waals surface area (Å²) in [6, 6.07) is 3.06. The number of hydrogen-bond acceptors (Lipinski definition) is 3. The molecule has 0 spiro atoms. The second-order valence-electron chi connectivity index (χ2n) is 4.64. The lowest BCUT2D eigenvalue weighted by atomic mass is 10.2. The van der Waals surface area contributed by atoms with Gasteiger partial charge in [-0.2, -0.15) is 0 Å². The van der Waals surface area contributed by atoms with Crippen LogP contribution in [-0.4, -0.2) is 10.9 Å². The van der Waals surface area contributed by atoms with Gasteiger partial charge in [-0.25, -0.2) is 13.8 Å². The molecular formula is C14H14F2N2OS. The van der Waals surface area contributed by atoms with E-state index in [-0.39, 0.29) is 12.1 Å². The Labute approximate surface area is 119 Å². The summed E-state index contributed by atoms with van der Waals surface area (Å²) in [7, 11) is 0. The standard InChI is InChI=1S/C14H14F2N2OS/c1-8(2)14-18-10(7-20-14)6-17-13(19)9-3-4-11(15)12(16)5-9/h3-5,7-8H,6H2,1-2H3,(H,17,19). The van der Waals surface area contributed by atoms with E-state index in [1.165, 1.54) is 17.4 Å². The SMILES string of the molecule is CC(C)c1nc(CNC(=O)c2ccc(F)c(F)c2)cs1. The van der Waals surface area contributed by atoms with Crippen LogP contribution in [0.5, 0.6) is 0 Å². The van der Waals surface area contributed by atoms with Crippen LogP contribution < -0.4 is 5.32 Å². The number of carbonyl (C=O) groups is 1. The quantitative estimate of drug-likeness (QED) is 0.938. The fraction of sp³-hybridized carbons (Fsp3) is 0.286. The van der Waals surface area contributed by atoms with Gasteiger partial charge in [-0.3, -0.25) is 4.79 Å². The van der Waals surface area contributed by atoms with Gasteiger partial charge in [-0.15, -0.1) is 11.3 Å². The van der Waals surface area contributed by atoms with Gasteiger partial charge in [0.15, 0.2) is 11.6 Å². The van der Waals surface area contributed by atoms with E-state index in [9.17, 15) is 13.6 Å². The highest BCUT2D eigenvalue weighted by Crippen LogP contribution is 2.19. The lowest BCUT2D eigenvalue weighted by molar-refractivity contribution is 0.0950. The predicted molar refractivity (Wildman–Crippen MR) is 73.7 cm³/mol. The van der Waals surface area contributed by atoms with Crippen molar-refractivity contribution in [1.29, 1.82) is 0 Å². The lowest BCUT2D eigenvalue weighted by Gasteiger charge is -2.04. The molecule has 0 saturated heterocycles. The number of hydrogen-bond donors (Lipinski definition) is 1. The maximum atomic E-state index is 13.0. The van der Waals surface area contributed by atoms with Crippen molar-refractivity contribution >= 4 is 17.2 Å². The summed E-state index contributed by atoms with van der Waals surface area (Å²) in [6.07, 6.45) is 0. The molecule has 1 aromatic carbocycles. The summed E-state index contributed by atoms with van der Waals surface area (Å²) < 4.78 is 25.8. The number of benzene rings is 1. The minimum Gasteiger partial charge on any atom is -0.346 e. The highest BCUT2D eigenvalue weighted by molar-refractivity contribution is 7.09. The number of carbonyl (C=O) groups excluding carboxylic acids is 1. The number of halogens is 2. The first kappa shape index (κ1) is 14.6. The normalized spacial score (nSPS) is 10.8. The molecule has 0 aliphatic heterocycles. The fourth-order valence-corrected chi connectivity index (χ4v) is 2.41. The molecule has 1 N–H and O–H groups in total. The van der Waals surface area contributed by atoms with Crippen LogP contribution in [0.15, 0.2) is 23.6 Å². The Bertz CT molecular complexity index is 625. The summed E-state index contributed by atoms with van der Waals surface area (Å²) in [5.41, 5.74) is 0.845. The van der Waals surface area contributed by atoms with E-state index in [0.29, 0.717) is 5.92 Å². The second kappa shape index (κ2) is 6.09. The average molecular weight is 296 g/mol. The third-order valence-corrected chi connectivity index (χ3v) is 3.87. The Morgan fingerprint density at radius 1 is 1.35 bits per heavy atom. The molecule has 3 nitrogen and oxygen atoms in total. The van der Waals surface area contributed by atoms with Crippen LogP contribution >= 0.6 is 11.3 Å². The molecule has 0 aliphatic carbocycles. The van der Waals surface area contributed by atoms with Crippen LogP contribution in [0.3, 0.4) is 0 Å². The van der Waals surface area contributed by atoms with Gasteiger partial charge in [0.2, 0.25) is 0 Å². The molecule has 0 fully saturated rings. The Morgan fingerprint density at radius 3 is 2.70 bits per heavy atom. The minimum absolute atomic E-state index is 0.0863. The molecule has 106 valence electrons. The highest BCUT2D eigenvalue weighted by Gasteiger charge is 2.11. The van der Waals surface area contributed by atoms with Gasteiger partial charge >= 0.3 is 0 Å². The second-order valence-corrected chi connectivity index (χ2v) is 5.53. The monoisotopic (exact) mass is 296 g/mol. The van der Waals surface area contributed by atoms with Gasteiger partial charge in [-0.1, -0.05) is 13.8 Å². The van der Waals surface area contributed by atoms with Crippen molar-refractivity contribution in [3.8, 4) is 0 Å². The van der Waals surface area contributed by atoms with Crippen molar-refractivity contribution in [3.05, 3.63) is 51.5 Å². The Kier molecular flexibility index (Phi) is 4.44. The number of nitrogens with one attached hydrogen (secondary N) is 1. The van der Waals surface area contributed by atoms with Gasteiger partial charge in [0.05, 0.1) is 17.2 Å². The van der Waals surface area contributed by atoms with E-state index in [0.717, 1.165) is 22.8 Å². The fourth-order valence-electron chi connectivity index (χ4n) is 1.58. The molecule has 0 saturated carbocycles. The van der Waals surface area contributed by atoms with Crippen molar-refractivity contribution in [2.45, 2.75) is 26.3 Å². The number of rotatable bonds is 4. The van der Waals surface area contributed by atoms with Crippen LogP contribution in [0.4, 0.5) is 8.78 Å². The van der Waals surface area contributed by atoms with E-state index in [1.54, 1.807) is 0 Å². The van der Waals surface area contributed by atoms with Crippen LogP contribution in [0.25, 0.3) is 0 Å². The molecular weight excluding hydrogens is 282 g/mol. The number of thiazole rings is 1. The summed E-state index contributed by atoms with van der Waals surface area (Å²) in [6.45, 7) is 4.35. The molecule has 1 aromatic heterocycles. The molecule has 1 heterocycles. The Morgan fingerprint density at radius 2 is 2.10 bits per heavy atom. The van der Waals surface area contributed by atoms with E-state index in [1.807, 2.05) is 19.2 Å². The van der Waals surface area contributed by atoms with Crippen molar-refractivity contribution in [2.24, 2.45) is 0 Å². The lowest BCUT2D eigenvalue weighted by Crippen LogP contribution is -2.23. The Balaban J connectivity index is 1.99. The summed E-state index contributed by atoms with van der Waals surface area (Å²) >= 11 is 1.54. The maximum Gasteiger partial charge on any atom is 0.251 e. The average Bonchev–Trinajstić information content (AvgIpc) is 2.88. The zero-order valence-corrected chi connectivity index (χ0v) is 11.9. The minimum atomic E-state index is -1.03. The first-order chi connectivity index (χ1) is 9.47. The third kappa shape index (κ3) is 3.39. The zero-order valence-electron chi connectivity index (χ0n) is 11.1. The first-order valence-corrected chi connectivity index (χ1v) is 7.03. The van der Waals surface area contributed by atoms with E-state index < -0.39 is 17.5 Å². The first-order valence-electron chi connectivity index (χ1n) is 6.15. The van der Waals surface area contributed by atoms with Crippen LogP contribution in [0.1, 0.15) is 40.8 Å². The highest BCUT2D eigenvalue weighted by atomic mass is 32.1. The molecule has 6 heteroatoms. The molecule has 1 amide bonds. The van der Waals surface area contributed by atoms with Crippen LogP contribution in [-0.2, 0) is 6.54 Å². The van der Waals surface area contributed by atoms with Crippen molar-refractivity contribution in [2.75, 3.05) is 0 Å². The molecule has 2 aromatic rings. The molecule has 0 radical (unpaired) electrons. The number of amides is 1. The van der Waals surface area contributed by atoms with E-state index in [2.05, 4.69) is 10.3 Å². The molecule has 0 atom stereocenters. The largest absolute Gasteiger partial charge is 0.346 e. The van der Waals surface area contributed by atoms with E-state index in [4.69, 9.17) is 0 Å². The Hall–Kier alpha value is -1.82. The third-order valence-electron chi connectivity index (χ3n) is 2.68. The molecule has 0 bridgehead atoms. The summed E-state index contributed by atoms with van der Waals surface area (Å²) in [5, 5.41) is 5.51. The topological polar surface area (TPSA) is 42.0 Å². The van der Waals surface area contributed by atoms with Crippen molar-refractivity contribution in [3.63, 3.8) is 0 Å². The maximum absolute atomic E-state index is 13.0. The molecule has 2 rings (SSSR count). The summed E-state index contributed by atoms with van der Waals surface area (Å²) in [5.74, 6) is -2.12. The van der Waals surface area contributed by atoms with Gasteiger partial charge in [-0.05, 0) is 18.2 Å². The van der Waals surface area contributed by atoms with Crippen molar-refractivity contribution < 1.29 is 13.6 Å². The number of nitrogens with zero attached hydrogens (tertiary/aromatic N) is 1. The molecule has 0 aliphatic rings. The van der Waals surface area contributed by atoms with Gasteiger partial charge in [0, 0.05) is 16.9 Å².